The predicted octanol–water partition coefficient (Wildman–Crippen LogP) is 23.4. The molecule has 20 rings (SSSR count). The molecule has 0 bridgehead atoms. The van der Waals surface area contributed by atoms with Crippen molar-refractivity contribution < 1.29 is 4.74 Å². The van der Waals surface area contributed by atoms with E-state index in [4.69, 9.17) is 4.74 Å². The molecular weight excluding hydrogens is 1240 g/mol. The maximum absolute atomic E-state index is 7.35. The molecule has 1 spiro atoms. The number of hydrogen-bond donors (Lipinski definition) is 0. The topological polar surface area (TPSA) is 19.0 Å². The number of anilines is 9. The van der Waals surface area contributed by atoms with Gasteiger partial charge in [0, 0.05) is 65.6 Å². The lowest BCUT2D eigenvalue weighted by Crippen LogP contribution is -2.60. The van der Waals surface area contributed by atoms with Crippen molar-refractivity contribution in [1.29, 1.82) is 0 Å². The zero-order valence-corrected chi connectivity index (χ0v) is 58.5. The third-order valence-corrected chi connectivity index (χ3v) is 24.2. The fraction of sp³-hybridized carbons (Fsp3) is 0.116. The Morgan fingerprint density at radius 2 is 0.772 bits per heavy atom. The van der Waals surface area contributed by atoms with E-state index in [1.165, 1.54) is 110 Å². The summed E-state index contributed by atoms with van der Waals surface area (Å²) in [5.41, 5.74) is 33.8. The maximum atomic E-state index is 7.35. The highest BCUT2D eigenvalue weighted by molar-refractivity contribution is 8.00. The molecule has 0 saturated carbocycles. The van der Waals surface area contributed by atoms with Crippen molar-refractivity contribution in [2.75, 3.05) is 14.7 Å². The van der Waals surface area contributed by atoms with Crippen LogP contribution in [0, 0.1) is 0 Å². The second kappa shape index (κ2) is 21.8. The Morgan fingerprint density at radius 1 is 0.317 bits per heavy atom. The molecule has 5 aliphatic heterocycles. The van der Waals surface area contributed by atoms with Crippen molar-refractivity contribution in [3.05, 3.63) is 359 Å². The molecule has 482 valence electrons. The van der Waals surface area contributed by atoms with Crippen molar-refractivity contribution >= 4 is 86.0 Å². The van der Waals surface area contributed by atoms with Gasteiger partial charge in [0.15, 0.2) is 0 Å². The second-order valence-corrected chi connectivity index (χ2v) is 31.4. The van der Waals surface area contributed by atoms with Crippen LogP contribution in [0.25, 0.3) is 44.5 Å². The average molecular weight is 1310 g/mol. The maximum Gasteiger partial charge on any atom is 0.249 e. The summed E-state index contributed by atoms with van der Waals surface area (Å²) < 4.78 is 7.35. The summed E-state index contributed by atoms with van der Waals surface area (Å²) in [6.07, 6.45) is 0. The Hall–Kier alpha value is -11.3. The lowest BCUT2D eigenvalue weighted by molar-refractivity contribution is 0.436. The fourth-order valence-corrected chi connectivity index (χ4v) is 19.6. The molecule has 4 nitrogen and oxygen atoms in total. The molecule has 0 amide bonds. The standard InChI is InChI=1S/C95H72BN3OS/c1-92(2,3)63-55-68(59-28-10-8-11-29-59)91(69(56-63)60-30-12-9-13-31-60)99-84-57-64(97-80-41-23-18-36-72(80)93(4,5)73-37-19-24-42-81(73)97)47-50-78(84)96-79-51-48-65(98-82-43-25-20-38-74(82)94(6,7)75-39-21-26-44-83(75)98)58-88(79)101-89-54-62(52-85(99)90(89)96)61-46-49-77-87(53-61)100-86-45-27-22-40-76(86)95(77)70-34-16-14-32-66(70)67-33-15-17-35-71(67)95/h8-58H,1-7H3. The van der Waals surface area contributed by atoms with E-state index in [1.807, 2.05) is 11.8 Å². The van der Waals surface area contributed by atoms with E-state index in [9.17, 15) is 0 Å². The van der Waals surface area contributed by atoms with Crippen LogP contribution >= 0.6 is 11.8 Å². The first-order valence-corrected chi connectivity index (χ1v) is 36.4. The number of fused-ring (bicyclic) bond motifs is 17. The van der Waals surface area contributed by atoms with Crippen molar-refractivity contribution in [2.45, 2.75) is 79.9 Å². The highest BCUT2D eigenvalue weighted by Crippen LogP contribution is 2.64. The predicted molar refractivity (Wildman–Crippen MR) is 422 cm³/mol. The largest absolute Gasteiger partial charge is 0.457 e. The summed E-state index contributed by atoms with van der Waals surface area (Å²) >= 11 is 1.91. The molecule has 1 aliphatic carbocycles. The first-order chi connectivity index (χ1) is 49.2. The van der Waals surface area contributed by atoms with Crippen LogP contribution in [0.15, 0.2) is 319 Å². The van der Waals surface area contributed by atoms with E-state index < -0.39 is 5.41 Å². The van der Waals surface area contributed by atoms with Gasteiger partial charge in [0.05, 0.1) is 33.9 Å². The molecular formula is C95H72BN3OS. The third kappa shape index (κ3) is 8.58. The van der Waals surface area contributed by atoms with Crippen LogP contribution in [-0.2, 0) is 21.7 Å². The number of ether oxygens (including phenoxy) is 1. The monoisotopic (exact) mass is 1310 g/mol. The summed E-state index contributed by atoms with van der Waals surface area (Å²) in [6.45, 7) is 16.4. The summed E-state index contributed by atoms with van der Waals surface area (Å²) in [7, 11) is 0. The van der Waals surface area contributed by atoms with Crippen molar-refractivity contribution in [3.8, 4) is 56.0 Å². The van der Waals surface area contributed by atoms with Gasteiger partial charge in [-0.25, -0.2) is 0 Å². The van der Waals surface area contributed by atoms with Gasteiger partial charge in [0.25, 0.3) is 0 Å². The summed E-state index contributed by atoms with van der Waals surface area (Å²) in [5, 5.41) is 0. The molecule has 14 aromatic carbocycles. The van der Waals surface area contributed by atoms with Gasteiger partial charge in [0.2, 0.25) is 6.71 Å². The second-order valence-electron chi connectivity index (χ2n) is 30.3. The molecule has 0 saturated heterocycles. The molecule has 0 radical (unpaired) electrons. The molecule has 6 aliphatic rings. The number of rotatable bonds is 6. The molecule has 101 heavy (non-hydrogen) atoms. The lowest BCUT2D eigenvalue weighted by Gasteiger charge is -2.44. The van der Waals surface area contributed by atoms with Crippen molar-refractivity contribution in [2.24, 2.45) is 0 Å². The summed E-state index contributed by atoms with van der Waals surface area (Å²) in [4.78, 5) is 10.2. The molecule has 6 heteroatoms. The van der Waals surface area contributed by atoms with Gasteiger partial charge in [-0.05, 0) is 174 Å². The number of nitrogens with zero attached hydrogens (tertiary/aromatic N) is 3. The molecule has 0 unspecified atom stereocenters. The minimum absolute atomic E-state index is 0.153. The summed E-state index contributed by atoms with van der Waals surface area (Å²) in [6, 6.07) is 117. The van der Waals surface area contributed by atoms with Gasteiger partial charge in [-0.15, -0.1) is 0 Å². The Balaban J connectivity index is 0.884. The van der Waals surface area contributed by atoms with Gasteiger partial charge < -0.3 is 19.4 Å². The number of para-hydroxylation sites is 5. The molecule has 0 aromatic heterocycles. The zero-order chi connectivity index (χ0) is 67.8. The average Bonchev–Trinajstić information content (AvgIpc) is 1.60. The first kappa shape index (κ1) is 59.7. The van der Waals surface area contributed by atoms with E-state index >= 15 is 0 Å². The summed E-state index contributed by atoms with van der Waals surface area (Å²) in [5.74, 6) is 1.73. The molecule has 5 heterocycles. The minimum atomic E-state index is -0.600. The van der Waals surface area contributed by atoms with Crippen molar-refractivity contribution in [1.82, 2.24) is 0 Å². The van der Waals surface area contributed by atoms with Crippen LogP contribution in [0.4, 0.5) is 51.2 Å². The normalized spacial score (nSPS) is 15.3. The first-order valence-electron chi connectivity index (χ1n) is 35.6. The number of hydrogen-bond acceptors (Lipinski definition) is 5. The Labute approximate surface area is 596 Å². The van der Waals surface area contributed by atoms with Gasteiger partial charge >= 0.3 is 0 Å². The van der Waals surface area contributed by atoms with Crippen LogP contribution in [0.1, 0.15) is 98.5 Å². The smallest absolute Gasteiger partial charge is 0.249 e. The minimum Gasteiger partial charge on any atom is -0.457 e. The fourth-order valence-electron chi connectivity index (χ4n) is 18.3. The van der Waals surface area contributed by atoms with E-state index in [0.717, 1.165) is 73.3 Å². The quantitative estimate of drug-likeness (QED) is 0.154. The molecule has 0 fully saturated rings. The van der Waals surface area contributed by atoms with Crippen molar-refractivity contribution in [3.63, 3.8) is 0 Å². The van der Waals surface area contributed by atoms with E-state index in [2.05, 4.69) is 373 Å². The van der Waals surface area contributed by atoms with Gasteiger partial charge in [-0.1, -0.05) is 290 Å². The molecule has 14 aromatic rings. The zero-order valence-electron chi connectivity index (χ0n) is 57.7. The van der Waals surface area contributed by atoms with Gasteiger partial charge in [0.1, 0.15) is 11.5 Å². The highest BCUT2D eigenvalue weighted by atomic mass is 32.2. The molecule has 0 N–H and O–H groups in total. The molecule has 0 atom stereocenters. The van der Waals surface area contributed by atoms with E-state index in [-0.39, 0.29) is 23.0 Å². The number of benzene rings is 14. The SMILES string of the molecule is CC(C)(C)c1cc(-c2ccccc2)c(N2c3cc(N4c5ccccc5C(C)(C)c5ccccc54)ccc3B3c4ccc(N5c6ccccc6C(C)(C)c6ccccc65)cc4Sc4cc(-c5ccc6c(c5)Oc5ccccc5C65c6ccccc6-c6ccccc65)cc2c43)c(-c2ccccc2)c1. The third-order valence-electron chi connectivity index (χ3n) is 23.1. The lowest BCUT2D eigenvalue weighted by atomic mass is 9.34. The van der Waals surface area contributed by atoms with E-state index in [1.54, 1.807) is 0 Å². The Morgan fingerprint density at radius 3 is 1.31 bits per heavy atom. The Kier molecular flexibility index (Phi) is 12.9. The van der Waals surface area contributed by atoms with Crippen LogP contribution in [-0.4, -0.2) is 6.71 Å². The van der Waals surface area contributed by atoms with E-state index in [0.29, 0.717) is 0 Å². The van der Waals surface area contributed by atoms with Crippen LogP contribution in [0.2, 0.25) is 0 Å². The van der Waals surface area contributed by atoms with Crippen LogP contribution < -0.4 is 35.8 Å². The highest BCUT2D eigenvalue weighted by Gasteiger charge is 2.52. The van der Waals surface area contributed by atoms with Crippen LogP contribution in [0.5, 0.6) is 11.5 Å². The van der Waals surface area contributed by atoms with Crippen LogP contribution in [0.3, 0.4) is 0 Å². The van der Waals surface area contributed by atoms with Gasteiger partial charge in [-0.2, -0.15) is 0 Å². The Bertz CT molecular complexity index is 5620. The van der Waals surface area contributed by atoms with Gasteiger partial charge in [-0.3, -0.25) is 0 Å².